The van der Waals surface area contributed by atoms with E-state index in [4.69, 9.17) is 0 Å². The molecule has 0 aromatic heterocycles. The summed E-state index contributed by atoms with van der Waals surface area (Å²) in [5.41, 5.74) is 0.899. The molecular formula is C13H9Br2FO. The van der Waals surface area contributed by atoms with Crippen LogP contribution in [-0.4, -0.2) is 5.11 Å². The van der Waals surface area contributed by atoms with Gasteiger partial charge in [-0.25, -0.2) is 4.39 Å². The van der Waals surface area contributed by atoms with E-state index in [1.54, 1.807) is 18.2 Å². The second kappa shape index (κ2) is 5.29. The minimum absolute atomic E-state index is 0.241. The molecule has 0 amide bonds. The number of benzene rings is 2. The molecule has 88 valence electrons. The summed E-state index contributed by atoms with van der Waals surface area (Å²) >= 11 is 6.58. The minimum Gasteiger partial charge on any atom is -0.384 e. The van der Waals surface area contributed by atoms with Crippen LogP contribution in [0.1, 0.15) is 17.2 Å². The van der Waals surface area contributed by atoms with Gasteiger partial charge >= 0.3 is 0 Å². The van der Waals surface area contributed by atoms with E-state index in [-0.39, 0.29) is 5.56 Å². The number of aliphatic hydroxyl groups excluding tert-OH is 1. The van der Waals surface area contributed by atoms with Crippen LogP contribution in [0.5, 0.6) is 0 Å². The summed E-state index contributed by atoms with van der Waals surface area (Å²) in [7, 11) is 0. The maximum atomic E-state index is 13.8. The van der Waals surface area contributed by atoms with Gasteiger partial charge < -0.3 is 5.11 Å². The third kappa shape index (κ3) is 2.59. The van der Waals surface area contributed by atoms with E-state index in [9.17, 15) is 9.50 Å². The highest BCUT2D eigenvalue weighted by atomic mass is 79.9. The Morgan fingerprint density at radius 2 is 1.65 bits per heavy atom. The fourth-order valence-corrected chi connectivity index (χ4v) is 2.48. The van der Waals surface area contributed by atoms with Crippen molar-refractivity contribution >= 4 is 31.9 Å². The summed E-state index contributed by atoms with van der Waals surface area (Å²) in [6.45, 7) is 0. The fraction of sp³-hybridized carbons (Fsp3) is 0.0769. The third-order valence-corrected chi connectivity index (χ3v) is 4.52. The maximum Gasteiger partial charge on any atom is 0.130 e. The Hall–Kier alpha value is -0.710. The number of rotatable bonds is 2. The van der Waals surface area contributed by atoms with Crippen LogP contribution in [0.25, 0.3) is 0 Å². The zero-order valence-corrected chi connectivity index (χ0v) is 11.9. The maximum absolute atomic E-state index is 13.8. The summed E-state index contributed by atoms with van der Waals surface area (Å²) in [4.78, 5) is 0. The number of hydrogen-bond donors (Lipinski definition) is 1. The number of hydrogen-bond acceptors (Lipinski definition) is 1. The highest BCUT2D eigenvalue weighted by Crippen LogP contribution is 2.35. The van der Waals surface area contributed by atoms with Crippen molar-refractivity contribution in [3.05, 3.63) is 68.4 Å². The Labute approximate surface area is 116 Å². The van der Waals surface area contributed by atoms with Gasteiger partial charge in [-0.15, -0.1) is 0 Å². The second-order valence-corrected chi connectivity index (χ2v) is 5.22. The molecule has 2 rings (SSSR count). The number of halogens is 3. The molecule has 17 heavy (non-hydrogen) atoms. The van der Waals surface area contributed by atoms with Crippen molar-refractivity contribution in [1.82, 2.24) is 0 Å². The van der Waals surface area contributed by atoms with Gasteiger partial charge in [-0.3, -0.25) is 0 Å². The molecule has 0 bridgehead atoms. The molecule has 0 saturated heterocycles. The Kier molecular flexibility index (Phi) is 3.97. The molecule has 2 aromatic rings. The summed E-state index contributed by atoms with van der Waals surface area (Å²) in [6.07, 6.45) is -0.983. The normalized spacial score (nSPS) is 12.5. The Morgan fingerprint density at radius 3 is 2.29 bits per heavy atom. The van der Waals surface area contributed by atoms with Crippen molar-refractivity contribution in [2.75, 3.05) is 0 Å². The first-order valence-electron chi connectivity index (χ1n) is 4.97. The van der Waals surface area contributed by atoms with Gasteiger partial charge in [0.25, 0.3) is 0 Å². The largest absolute Gasteiger partial charge is 0.384 e. The Bertz CT molecular complexity index is 528. The van der Waals surface area contributed by atoms with E-state index in [1.807, 2.05) is 18.2 Å². The zero-order chi connectivity index (χ0) is 12.4. The molecule has 0 saturated carbocycles. The van der Waals surface area contributed by atoms with Crippen LogP contribution >= 0.6 is 31.9 Å². The topological polar surface area (TPSA) is 20.2 Å². The first-order valence-corrected chi connectivity index (χ1v) is 6.56. The van der Waals surface area contributed by atoms with Crippen molar-refractivity contribution in [3.63, 3.8) is 0 Å². The summed E-state index contributed by atoms with van der Waals surface area (Å²) in [5.74, 6) is -0.434. The molecule has 0 aliphatic carbocycles. The van der Waals surface area contributed by atoms with Gasteiger partial charge in [0.2, 0.25) is 0 Å². The van der Waals surface area contributed by atoms with E-state index < -0.39 is 11.9 Å². The molecule has 0 aliphatic heterocycles. The lowest BCUT2D eigenvalue weighted by atomic mass is 10.0. The van der Waals surface area contributed by atoms with E-state index in [0.29, 0.717) is 14.5 Å². The lowest BCUT2D eigenvalue weighted by molar-refractivity contribution is 0.214. The molecule has 4 heteroatoms. The molecular weight excluding hydrogens is 351 g/mol. The smallest absolute Gasteiger partial charge is 0.130 e. The van der Waals surface area contributed by atoms with Crippen LogP contribution in [0.3, 0.4) is 0 Å². The van der Waals surface area contributed by atoms with Gasteiger partial charge in [0.1, 0.15) is 11.9 Å². The van der Waals surface area contributed by atoms with Gasteiger partial charge in [0.05, 0.1) is 0 Å². The molecule has 0 radical (unpaired) electrons. The van der Waals surface area contributed by atoms with Crippen LogP contribution in [0.4, 0.5) is 4.39 Å². The first-order chi connectivity index (χ1) is 8.11. The summed E-state index contributed by atoms with van der Waals surface area (Å²) in [5, 5.41) is 10.2. The van der Waals surface area contributed by atoms with E-state index in [0.717, 1.165) is 0 Å². The average molecular weight is 360 g/mol. The van der Waals surface area contributed by atoms with Crippen molar-refractivity contribution in [3.8, 4) is 0 Å². The molecule has 1 unspecified atom stereocenters. The first kappa shape index (κ1) is 12.7. The van der Waals surface area contributed by atoms with Crippen LogP contribution in [0, 0.1) is 5.82 Å². The standard InChI is InChI=1S/C13H9Br2FO/c14-9-6-7-10(16)11(12(9)15)13(17)8-4-2-1-3-5-8/h1-7,13,17H. The molecule has 0 spiro atoms. The SMILES string of the molecule is OC(c1ccccc1)c1c(F)ccc(Br)c1Br. The Balaban J connectivity index is 2.51. The molecule has 0 fully saturated rings. The molecule has 1 atom stereocenters. The van der Waals surface area contributed by atoms with Crippen LogP contribution in [0.15, 0.2) is 51.4 Å². The van der Waals surface area contributed by atoms with Crippen molar-refractivity contribution < 1.29 is 9.50 Å². The molecule has 2 aromatic carbocycles. The summed E-state index contributed by atoms with van der Waals surface area (Å²) < 4.78 is 15.0. The van der Waals surface area contributed by atoms with Crippen molar-refractivity contribution in [2.24, 2.45) is 0 Å². The Morgan fingerprint density at radius 1 is 1.00 bits per heavy atom. The van der Waals surface area contributed by atoms with Gasteiger partial charge in [0, 0.05) is 14.5 Å². The molecule has 1 N–H and O–H groups in total. The van der Waals surface area contributed by atoms with E-state index in [2.05, 4.69) is 31.9 Å². The van der Waals surface area contributed by atoms with Gasteiger partial charge in [-0.2, -0.15) is 0 Å². The minimum atomic E-state index is -0.983. The molecule has 0 heterocycles. The van der Waals surface area contributed by atoms with Crippen LogP contribution in [0.2, 0.25) is 0 Å². The molecule has 0 aliphatic rings. The quantitative estimate of drug-likeness (QED) is 0.786. The second-order valence-electron chi connectivity index (χ2n) is 3.57. The van der Waals surface area contributed by atoms with E-state index >= 15 is 0 Å². The summed E-state index contributed by atoms with van der Waals surface area (Å²) in [6, 6.07) is 11.9. The van der Waals surface area contributed by atoms with Gasteiger partial charge in [0.15, 0.2) is 0 Å². The highest BCUT2D eigenvalue weighted by molar-refractivity contribution is 9.13. The van der Waals surface area contributed by atoms with Crippen LogP contribution < -0.4 is 0 Å². The van der Waals surface area contributed by atoms with Crippen molar-refractivity contribution in [1.29, 1.82) is 0 Å². The van der Waals surface area contributed by atoms with Crippen LogP contribution in [-0.2, 0) is 0 Å². The lowest BCUT2D eigenvalue weighted by Crippen LogP contribution is -2.04. The monoisotopic (exact) mass is 358 g/mol. The fourth-order valence-electron chi connectivity index (χ4n) is 1.60. The molecule has 1 nitrogen and oxygen atoms in total. The van der Waals surface area contributed by atoms with Gasteiger partial charge in [-0.05, 0) is 49.6 Å². The van der Waals surface area contributed by atoms with Crippen molar-refractivity contribution in [2.45, 2.75) is 6.10 Å². The highest BCUT2D eigenvalue weighted by Gasteiger charge is 2.19. The predicted molar refractivity (Wildman–Crippen MR) is 72.3 cm³/mol. The third-order valence-electron chi connectivity index (χ3n) is 2.47. The van der Waals surface area contributed by atoms with E-state index in [1.165, 1.54) is 6.07 Å². The predicted octanol–water partition coefficient (Wildman–Crippen LogP) is 4.43. The zero-order valence-electron chi connectivity index (χ0n) is 8.70. The lowest BCUT2D eigenvalue weighted by Gasteiger charge is -2.15. The number of aliphatic hydroxyl groups is 1. The van der Waals surface area contributed by atoms with Gasteiger partial charge in [-0.1, -0.05) is 30.3 Å². The average Bonchev–Trinajstić information content (AvgIpc) is 2.35.